The van der Waals surface area contributed by atoms with Crippen LogP contribution in [0.1, 0.15) is 17.5 Å². The maximum atomic E-state index is 6.27. The lowest BCUT2D eigenvalue weighted by molar-refractivity contribution is 0.913. The van der Waals surface area contributed by atoms with Crippen LogP contribution < -0.4 is 0 Å². The Morgan fingerprint density at radius 3 is 2.70 bits per heavy atom. The normalized spacial score (nSPS) is 13.8. The summed E-state index contributed by atoms with van der Waals surface area (Å²) < 4.78 is 0.941. The maximum Gasteiger partial charge on any atom is 0.150 e. The Labute approximate surface area is 142 Å². The van der Waals surface area contributed by atoms with Crippen LogP contribution >= 0.6 is 22.9 Å². The second-order valence-corrected chi connectivity index (χ2v) is 7.12. The Bertz CT molecular complexity index is 1060. The van der Waals surface area contributed by atoms with Crippen molar-refractivity contribution in [2.45, 2.75) is 19.3 Å². The molecular weight excluding hydrogens is 326 g/mol. The minimum atomic E-state index is 0.519. The lowest BCUT2D eigenvalue weighted by Gasteiger charge is -2.09. The number of halogens is 1. The van der Waals surface area contributed by atoms with E-state index in [-0.39, 0.29) is 0 Å². The quantitative estimate of drug-likeness (QED) is 0.456. The van der Waals surface area contributed by atoms with Crippen LogP contribution in [0.4, 0.5) is 0 Å². The molecule has 0 amide bonds. The molecule has 3 nitrogen and oxygen atoms in total. The minimum absolute atomic E-state index is 0.519. The molecule has 3 aromatic heterocycles. The van der Waals surface area contributed by atoms with Crippen LogP contribution in [0.5, 0.6) is 0 Å². The predicted octanol–water partition coefficient (Wildman–Crippen LogP) is 5.05. The summed E-state index contributed by atoms with van der Waals surface area (Å²) in [5.41, 5.74) is 6.02. The highest BCUT2D eigenvalue weighted by Gasteiger charge is 2.24. The summed E-state index contributed by atoms with van der Waals surface area (Å²) in [6.07, 6.45) is 4.88. The van der Waals surface area contributed by atoms with Gasteiger partial charge in [0.15, 0.2) is 0 Å². The van der Waals surface area contributed by atoms with Crippen molar-refractivity contribution < 1.29 is 0 Å². The van der Waals surface area contributed by atoms with Gasteiger partial charge < -0.3 is 0 Å². The molecule has 0 N–H and O–H groups in total. The van der Waals surface area contributed by atoms with Crippen LogP contribution in [0.3, 0.4) is 0 Å². The smallest absolute Gasteiger partial charge is 0.150 e. The average Bonchev–Trinajstić information content (AvgIpc) is 3.19. The van der Waals surface area contributed by atoms with Crippen molar-refractivity contribution in [3.05, 3.63) is 52.9 Å². The molecule has 5 rings (SSSR count). The maximum absolute atomic E-state index is 6.27. The van der Waals surface area contributed by atoms with E-state index in [0.717, 1.165) is 33.6 Å². The van der Waals surface area contributed by atoms with Gasteiger partial charge in [-0.25, -0.2) is 15.0 Å². The van der Waals surface area contributed by atoms with E-state index in [1.54, 1.807) is 17.7 Å². The molecule has 0 radical (unpaired) electrons. The molecule has 23 heavy (non-hydrogen) atoms. The number of nitrogens with zero attached hydrogens (tertiary/aromatic N) is 3. The molecule has 0 atom stereocenters. The van der Waals surface area contributed by atoms with Crippen LogP contribution in [0.2, 0.25) is 5.15 Å². The number of benzene rings is 1. The lowest BCUT2D eigenvalue weighted by atomic mass is 10.0. The van der Waals surface area contributed by atoms with Crippen molar-refractivity contribution in [1.82, 2.24) is 15.0 Å². The Morgan fingerprint density at radius 1 is 1.00 bits per heavy atom. The van der Waals surface area contributed by atoms with E-state index >= 15 is 0 Å². The van der Waals surface area contributed by atoms with Crippen LogP contribution in [-0.4, -0.2) is 15.0 Å². The zero-order chi connectivity index (χ0) is 15.4. The molecule has 0 saturated heterocycles. The van der Waals surface area contributed by atoms with Crippen molar-refractivity contribution in [3.63, 3.8) is 0 Å². The predicted molar refractivity (Wildman–Crippen MR) is 95.2 cm³/mol. The van der Waals surface area contributed by atoms with Crippen LogP contribution in [0.15, 0.2) is 36.7 Å². The fourth-order valence-corrected chi connectivity index (χ4v) is 4.79. The number of hydrogen-bond donors (Lipinski definition) is 0. The molecule has 3 heterocycles. The summed E-state index contributed by atoms with van der Waals surface area (Å²) in [4.78, 5) is 14.6. The third-order valence-corrected chi connectivity index (χ3v) is 5.95. The largest absolute Gasteiger partial charge is 0.236 e. The zero-order valence-corrected chi connectivity index (χ0v) is 13.8. The molecule has 112 valence electrons. The van der Waals surface area contributed by atoms with Gasteiger partial charge in [-0.05, 0) is 30.4 Å². The highest BCUT2D eigenvalue weighted by molar-refractivity contribution is 7.26. The molecule has 5 heteroatoms. The number of fused-ring (bicyclic) bond motifs is 5. The summed E-state index contributed by atoms with van der Waals surface area (Å²) in [6.45, 7) is 0. The Hall–Kier alpha value is -2.04. The van der Waals surface area contributed by atoms with Crippen molar-refractivity contribution in [2.24, 2.45) is 0 Å². The molecule has 0 saturated carbocycles. The van der Waals surface area contributed by atoms with Gasteiger partial charge in [0, 0.05) is 10.9 Å². The Morgan fingerprint density at radius 2 is 1.83 bits per heavy atom. The second kappa shape index (κ2) is 4.98. The minimum Gasteiger partial charge on any atom is -0.236 e. The van der Waals surface area contributed by atoms with Crippen LogP contribution in [-0.2, 0) is 12.8 Å². The van der Waals surface area contributed by atoms with Gasteiger partial charge in [-0.15, -0.1) is 11.3 Å². The first-order valence-electron chi connectivity index (χ1n) is 7.63. The number of rotatable bonds is 1. The number of pyridine rings is 1. The van der Waals surface area contributed by atoms with E-state index < -0.39 is 0 Å². The Kier molecular flexibility index (Phi) is 2.90. The van der Waals surface area contributed by atoms with Crippen LogP contribution in [0, 0.1) is 0 Å². The van der Waals surface area contributed by atoms with Crippen LogP contribution in [0.25, 0.3) is 31.7 Å². The highest BCUT2D eigenvalue weighted by Crippen LogP contribution is 2.42. The number of aromatic nitrogens is 3. The monoisotopic (exact) mass is 337 g/mol. The topological polar surface area (TPSA) is 38.7 Å². The van der Waals surface area contributed by atoms with Gasteiger partial charge in [0.2, 0.25) is 0 Å². The molecule has 1 aliphatic carbocycles. The third-order valence-electron chi connectivity index (χ3n) is 4.48. The van der Waals surface area contributed by atoms with Gasteiger partial charge in [0.1, 0.15) is 16.3 Å². The highest BCUT2D eigenvalue weighted by atomic mass is 35.5. The SMILES string of the molecule is Clc1ncnc2c1sc1nc(-c3ccccc3)c3c(c12)CCC3. The van der Waals surface area contributed by atoms with E-state index in [2.05, 4.69) is 34.2 Å². The first-order valence-corrected chi connectivity index (χ1v) is 8.82. The molecule has 0 unspecified atom stereocenters. The van der Waals surface area contributed by atoms with E-state index in [1.807, 2.05) is 6.07 Å². The number of hydrogen-bond acceptors (Lipinski definition) is 4. The van der Waals surface area contributed by atoms with Crippen molar-refractivity contribution in [2.75, 3.05) is 0 Å². The molecule has 1 aromatic carbocycles. The first kappa shape index (κ1) is 13.4. The first-order chi connectivity index (χ1) is 11.3. The van der Waals surface area contributed by atoms with Gasteiger partial charge >= 0.3 is 0 Å². The summed E-state index contributed by atoms with van der Waals surface area (Å²) in [7, 11) is 0. The summed E-state index contributed by atoms with van der Waals surface area (Å²) in [5, 5.41) is 1.70. The molecule has 0 bridgehead atoms. The standard InChI is InChI=1S/C18H12ClN3S/c19-17-16-15(20-9-21-17)13-11-7-4-8-12(11)14(22-18(13)23-16)10-5-2-1-3-6-10/h1-3,5-6,9H,4,7-8H2. The molecule has 0 fully saturated rings. The van der Waals surface area contributed by atoms with Gasteiger partial charge in [-0.2, -0.15) is 0 Å². The summed E-state index contributed by atoms with van der Waals surface area (Å²) in [6, 6.07) is 10.4. The van der Waals surface area contributed by atoms with Gasteiger partial charge in [0.25, 0.3) is 0 Å². The lowest BCUT2D eigenvalue weighted by Crippen LogP contribution is -1.94. The molecule has 1 aliphatic rings. The fourth-order valence-electron chi connectivity index (χ4n) is 3.51. The summed E-state index contributed by atoms with van der Waals surface area (Å²) >= 11 is 7.86. The summed E-state index contributed by atoms with van der Waals surface area (Å²) in [5.74, 6) is 0. The fraction of sp³-hybridized carbons (Fsp3) is 0.167. The van der Waals surface area contributed by atoms with E-state index in [9.17, 15) is 0 Å². The average molecular weight is 338 g/mol. The zero-order valence-electron chi connectivity index (χ0n) is 12.2. The Balaban J connectivity index is 1.93. The molecular formula is C18H12ClN3S. The van der Waals surface area contributed by atoms with Gasteiger partial charge in [-0.1, -0.05) is 41.9 Å². The van der Waals surface area contributed by atoms with E-state index in [4.69, 9.17) is 16.6 Å². The number of thiophene rings is 1. The van der Waals surface area contributed by atoms with E-state index in [0.29, 0.717) is 5.15 Å². The van der Waals surface area contributed by atoms with Crippen molar-refractivity contribution in [1.29, 1.82) is 0 Å². The van der Waals surface area contributed by atoms with Crippen molar-refractivity contribution in [3.8, 4) is 11.3 Å². The third kappa shape index (κ3) is 1.92. The molecule has 4 aromatic rings. The van der Waals surface area contributed by atoms with Gasteiger partial charge in [0.05, 0.1) is 15.9 Å². The van der Waals surface area contributed by atoms with Gasteiger partial charge in [-0.3, -0.25) is 0 Å². The number of aryl methyl sites for hydroxylation is 1. The van der Waals surface area contributed by atoms with E-state index in [1.165, 1.54) is 28.5 Å². The van der Waals surface area contributed by atoms with Crippen molar-refractivity contribution >= 4 is 43.4 Å². The molecule has 0 spiro atoms. The second-order valence-electron chi connectivity index (χ2n) is 5.76. The molecule has 0 aliphatic heterocycles.